The lowest BCUT2D eigenvalue weighted by Crippen LogP contribution is -2.32. The number of hydrogen-bond donors (Lipinski definition) is 2. The number of benzene rings is 2. The van der Waals surface area contributed by atoms with E-state index < -0.39 is 0 Å². The molecule has 0 spiro atoms. The Hall–Kier alpha value is -3.71. The van der Waals surface area contributed by atoms with E-state index in [-0.39, 0.29) is 11.9 Å². The molecule has 38 heavy (non-hydrogen) atoms. The minimum absolute atomic E-state index is 0.0575. The molecule has 1 amide bonds. The molecule has 1 saturated heterocycles. The molecule has 196 valence electrons. The second kappa shape index (κ2) is 10.6. The van der Waals surface area contributed by atoms with Crippen LogP contribution in [0.15, 0.2) is 60.9 Å². The van der Waals surface area contributed by atoms with Gasteiger partial charge in [0.15, 0.2) is 0 Å². The zero-order valence-corrected chi connectivity index (χ0v) is 22.3. The fraction of sp³-hybridized carbons (Fsp3) is 0.387. The summed E-state index contributed by atoms with van der Waals surface area (Å²) in [4.78, 5) is 25.0. The second-order valence-electron chi connectivity index (χ2n) is 10.9. The lowest BCUT2D eigenvalue weighted by Gasteiger charge is -2.25. The highest BCUT2D eigenvalue weighted by molar-refractivity contribution is 5.98. The number of fused-ring (bicyclic) bond motifs is 2. The van der Waals surface area contributed by atoms with E-state index in [1.807, 2.05) is 61.1 Å². The third kappa shape index (κ3) is 5.03. The number of aromatic nitrogens is 3. The number of rotatable bonds is 6. The largest absolute Gasteiger partial charge is 0.350 e. The maximum atomic E-state index is 12.9. The van der Waals surface area contributed by atoms with Crippen molar-refractivity contribution in [1.29, 1.82) is 0 Å². The van der Waals surface area contributed by atoms with Gasteiger partial charge in [-0.2, -0.15) is 4.98 Å². The van der Waals surface area contributed by atoms with Gasteiger partial charge in [-0.3, -0.25) is 4.79 Å². The molecule has 0 bridgehead atoms. The van der Waals surface area contributed by atoms with Gasteiger partial charge < -0.3 is 20.1 Å². The number of hydrogen-bond acceptors (Lipinski definition) is 5. The number of aryl methyl sites for hydroxylation is 2. The van der Waals surface area contributed by atoms with E-state index in [0.29, 0.717) is 17.6 Å². The number of likely N-dealkylation sites (tertiary alicyclic amines) is 1. The van der Waals surface area contributed by atoms with Crippen molar-refractivity contribution in [2.75, 3.05) is 18.4 Å². The molecule has 6 rings (SSSR count). The first-order valence-corrected chi connectivity index (χ1v) is 13.9. The summed E-state index contributed by atoms with van der Waals surface area (Å²) in [6.07, 6.45) is 11.2. The molecule has 2 N–H and O–H groups in total. The van der Waals surface area contributed by atoms with Crippen LogP contribution in [0.3, 0.4) is 0 Å². The first-order valence-electron chi connectivity index (χ1n) is 13.9. The topological polar surface area (TPSA) is 75.1 Å². The smallest absolute Gasteiger partial charge is 0.253 e. The molecular weight excluding hydrogens is 472 g/mol. The monoisotopic (exact) mass is 508 g/mol. The van der Waals surface area contributed by atoms with Crippen LogP contribution in [0.5, 0.6) is 0 Å². The summed E-state index contributed by atoms with van der Waals surface area (Å²) in [5, 5.41) is 7.36. The van der Waals surface area contributed by atoms with Crippen molar-refractivity contribution in [2.45, 2.75) is 64.5 Å². The minimum atomic E-state index is -0.0956. The zero-order valence-electron chi connectivity index (χ0n) is 22.3. The fourth-order valence-corrected chi connectivity index (χ4v) is 5.96. The molecule has 7 nitrogen and oxygen atoms in total. The van der Waals surface area contributed by atoms with E-state index in [9.17, 15) is 4.79 Å². The van der Waals surface area contributed by atoms with Gasteiger partial charge in [-0.25, -0.2) is 4.98 Å². The van der Waals surface area contributed by atoms with Crippen molar-refractivity contribution < 1.29 is 4.79 Å². The number of para-hydroxylation sites is 1. The van der Waals surface area contributed by atoms with Crippen LogP contribution in [-0.2, 0) is 12.8 Å². The van der Waals surface area contributed by atoms with Crippen molar-refractivity contribution in [2.24, 2.45) is 0 Å². The molecule has 1 aliphatic carbocycles. The average molecular weight is 509 g/mol. The Kier molecular flexibility index (Phi) is 6.85. The van der Waals surface area contributed by atoms with Crippen LogP contribution in [0, 0.1) is 0 Å². The van der Waals surface area contributed by atoms with E-state index in [4.69, 9.17) is 4.98 Å². The highest BCUT2D eigenvalue weighted by atomic mass is 16.1. The van der Waals surface area contributed by atoms with Crippen LogP contribution >= 0.6 is 0 Å². The predicted octanol–water partition coefficient (Wildman–Crippen LogP) is 5.65. The number of carbonyl (C=O) groups is 1. The number of amides is 1. The molecule has 3 heterocycles. The van der Waals surface area contributed by atoms with Gasteiger partial charge in [0.05, 0.1) is 11.3 Å². The third-order valence-corrected chi connectivity index (χ3v) is 7.87. The van der Waals surface area contributed by atoms with Gasteiger partial charge >= 0.3 is 0 Å². The van der Waals surface area contributed by atoms with Crippen molar-refractivity contribution in [3.05, 3.63) is 77.6 Å². The van der Waals surface area contributed by atoms with Crippen molar-refractivity contribution in [3.63, 3.8) is 0 Å². The van der Waals surface area contributed by atoms with Gasteiger partial charge in [0.2, 0.25) is 5.95 Å². The molecule has 0 radical (unpaired) electrons. The van der Waals surface area contributed by atoms with Gasteiger partial charge in [0, 0.05) is 35.6 Å². The highest BCUT2D eigenvalue weighted by Crippen LogP contribution is 2.29. The minimum Gasteiger partial charge on any atom is -0.350 e. The average Bonchev–Trinajstić information content (AvgIpc) is 3.55. The highest BCUT2D eigenvalue weighted by Gasteiger charge is 2.24. The molecular formula is C31H36N6O. The van der Waals surface area contributed by atoms with Crippen molar-refractivity contribution >= 4 is 28.6 Å². The Labute approximate surface area is 224 Å². The SMILES string of the molecule is CC(C)NC(=O)c1ccccc1-n1ccc2cnc(Nc3ccc4c(c3)CCC(N3CCCC3)CC4)nc21. The van der Waals surface area contributed by atoms with E-state index in [1.165, 1.54) is 49.9 Å². The molecule has 2 aromatic carbocycles. The molecule has 2 aliphatic rings. The van der Waals surface area contributed by atoms with E-state index in [0.717, 1.165) is 35.2 Å². The summed E-state index contributed by atoms with van der Waals surface area (Å²) < 4.78 is 1.97. The van der Waals surface area contributed by atoms with Gasteiger partial charge in [-0.05, 0) is 107 Å². The Morgan fingerprint density at radius 1 is 1.00 bits per heavy atom. The Morgan fingerprint density at radius 3 is 2.61 bits per heavy atom. The summed E-state index contributed by atoms with van der Waals surface area (Å²) in [6, 6.07) is 17.1. The first kappa shape index (κ1) is 24.6. The summed E-state index contributed by atoms with van der Waals surface area (Å²) in [6.45, 7) is 6.46. The Bertz CT molecular complexity index is 1450. The number of nitrogens with zero attached hydrogens (tertiary/aromatic N) is 4. The second-order valence-corrected chi connectivity index (χ2v) is 10.9. The van der Waals surface area contributed by atoms with Gasteiger partial charge in [0.25, 0.3) is 5.91 Å². The molecule has 1 unspecified atom stereocenters. The maximum Gasteiger partial charge on any atom is 0.253 e. The molecule has 0 saturated carbocycles. The number of nitrogens with one attached hydrogen (secondary N) is 2. The molecule has 1 atom stereocenters. The van der Waals surface area contributed by atoms with Crippen LogP contribution in [-0.4, -0.2) is 50.5 Å². The quantitative estimate of drug-likeness (QED) is 0.330. The van der Waals surface area contributed by atoms with Crippen LogP contribution in [0.2, 0.25) is 0 Å². The van der Waals surface area contributed by atoms with Gasteiger partial charge in [0.1, 0.15) is 5.65 Å². The Balaban J connectivity index is 1.25. The number of anilines is 2. The van der Waals surface area contributed by atoms with E-state index in [2.05, 4.69) is 38.7 Å². The molecule has 7 heteroatoms. The summed E-state index contributed by atoms with van der Waals surface area (Å²) >= 11 is 0. The number of carbonyl (C=O) groups excluding carboxylic acids is 1. The van der Waals surface area contributed by atoms with Crippen LogP contribution in [0.25, 0.3) is 16.7 Å². The molecule has 1 fully saturated rings. The van der Waals surface area contributed by atoms with Crippen molar-refractivity contribution in [3.8, 4) is 5.69 Å². The molecule has 1 aliphatic heterocycles. The molecule has 2 aromatic heterocycles. The summed E-state index contributed by atoms with van der Waals surface area (Å²) in [5.74, 6) is 0.451. The lowest BCUT2D eigenvalue weighted by atomic mass is 10.0. The third-order valence-electron chi connectivity index (χ3n) is 7.87. The van der Waals surface area contributed by atoms with Crippen LogP contribution in [0.4, 0.5) is 11.6 Å². The summed E-state index contributed by atoms with van der Waals surface area (Å²) in [7, 11) is 0. The zero-order chi connectivity index (χ0) is 26.1. The first-order chi connectivity index (χ1) is 18.5. The van der Waals surface area contributed by atoms with Gasteiger partial charge in [-0.1, -0.05) is 18.2 Å². The van der Waals surface area contributed by atoms with Crippen LogP contribution < -0.4 is 10.6 Å². The van der Waals surface area contributed by atoms with E-state index >= 15 is 0 Å². The standard InChI is InChI=1S/C31H36N6O/c1-21(2)33-30(38)27-7-3-4-8-28(27)37-18-15-24-20-32-31(35-29(24)37)34-25-12-9-22-10-13-26(14-11-23(22)19-25)36-16-5-6-17-36/h3-4,7-9,12,15,18-21,26H,5-6,10-11,13-14,16-17H2,1-2H3,(H,33,38)(H,32,34,35). The van der Waals surface area contributed by atoms with Crippen LogP contribution in [0.1, 0.15) is 61.0 Å². The van der Waals surface area contributed by atoms with Crippen molar-refractivity contribution in [1.82, 2.24) is 24.8 Å². The van der Waals surface area contributed by atoms with E-state index in [1.54, 1.807) is 0 Å². The predicted molar refractivity (Wildman–Crippen MR) is 152 cm³/mol. The lowest BCUT2D eigenvalue weighted by molar-refractivity contribution is 0.0943. The Morgan fingerprint density at radius 2 is 1.79 bits per heavy atom. The summed E-state index contributed by atoms with van der Waals surface area (Å²) in [5.41, 5.74) is 6.09. The maximum absolute atomic E-state index is 12.9. The van der Waals surface area contributed by atoms with Gasteiger partial charge in [-0.15, -0.1) is 0 Å². The normalized spacial score (nSPS) is 17.9. The molecule has 4 aromatic rings. The fourth-order valence-electron chi connectivity index (χ4n) is 5.96.